The van der Waals surface area contributed by atoms with Crippen molar-refractivity contribution in [2.75, 3.05) is 32.6 Å². The Morgan fingerprint density at radius 2 is 2.04 bits per heavy atom. The standard InChI is InChI=1S/C17H21ClN4O4S/c1-12-4-5-14(7-15(12)27(24,25)21(2)3)20-17(10-26-11-17)9-22-16(23)6-13(18)8-19-22/h4-8,20H,9-11H2,1-3H3. The van der Waals surface area contributed by atoms with Crippen LogP contribution in [-0.4, -0.2) is 55.4 Å². The van der Waals surface area contributed by atoms with Crippen LogP contribution in [0.3, 0.4) is 0 Å². The Bertz CT molecular complexity index is 1020. The number of sulfonamides is 1. The van der Waals surface area contributed by atoms with Crippen molar-refractivity contribution in [2.45, 2.75) is 23.9 Å². The summed E-state index contributed by atoms with van der Waals surface area (Å²) in [5.41, 5.74) is 0.421. The lowest BCUT2D eigenvalue weighted by Crippen LogP contribution is -2.59. The van der Waals surface area contributed by atoms with Crippen LogP contribution in [-0.2, 0) is 21.3 Å². The Morgan fingerprint density at radius 3 is 2.59 bits per heavy atom. The molecule has 1 saturated heterocycles. The van der Waals surface area contributed by atoms with Crippen LogP contribution in [0.4, 0.5) is 5.69 Å². The van der Waals surface area contributed by atoms with Crippen molar-refractivity contribution in [1.29, 1.82) is 0 Å². The first-order valence-electron chi connectivity index (χ1n) is 8.25. The molecule has 2 aromatic rings. The van der Waals surface area contributed by atoms with Gasteiger partial charge in [0.1, 0.15) is 5.54 Å². The number of benzene rings is 1. The molecule has 3 rings (SSSR count). The van der Waals surface area contributed by atoms with Crippen molar-refractivity contribution in [2.24, 2.45) is 0 Å². The van der Waals surface area contributed by atoms with E-state index in [9.17, 15) is 13.2 Å². The summed E-state index contributed by atoms with van der Waals surface area (Å²) >= 11 is 5.79. The summed E-state index contributed by atoms with van der Waals surface area (Å²) in [6.45, 7) is 2.76. The molecule has 0 unspecified atom stereocenters. The lowest BCUT2D eigenvalue weighted by atomic mass is 9.96. The topological polar surface area (TPSA) is 93.5 Å². The molecule has 0 atom stereocenters. The van der Waals surface area contributed by atoms with E-state index < -0.39 is 15.6 Å². The molecule has 1 aliphatic rings. The number of halogens is 1. The fourth-order valence-electron chi connectivity index (χ4n) is 2.83. The first-order valence-corrected chi connectivity index (χ1v) is 10.1. The smallest absolute Gasteiger partial charge is 0.268 e. The maximum atomic E-state index is 12.5. The molecule has 1 fully saturated rings. The molecule has 0 spiro atoms. The Labute approximate surface area is 162 Å². The van der Waals surface area contributed by atoms with Gasteiger partial charge in [-0.05, 0) is 24.6 Å². The number of nitrogens with one attached hydrogen (secondary N) is 1. The minimum atomic E-state index is -3.56. The van der Waals surface area contributed by atoms with E-state index in [4.69, 9.17) is 16.3 Å². The minimum Gasteiger partial charge on any atom is -0.376 e. The number of hydrogen-bond donors (Lipinski definition) is 1. The maximum Gasteiger partial charge on any atom is 0.268 e. The molecule has 1 N–H and O–H groups in total. The summed E-state index contributed by atoms with van der Waals surface area (Å²) in [4.78, 5) is 12.3. The molecule has 0 aliphatic carbocycles. The predicted molar refractivity (Wildman–Crippen MR) is 103 cm³/mol. The van der Waals surface area contributed by atoms with Gasteiger partial charge in [-0.1, -0.05) is 17.7 Å². The van der Waals surface area contributed by atoms with E-state index >= 15 is 0 Å². The third kappa shape index (κ3) is 4.01. The second-order valence-electron chi connectivity index (χ2n) is 6.84. The maximum absolute atomic E-state index is 12.5. The predicted octanol–water partition coefficient (Wildman–Crippen LogP) is 1.34. The minimum absolute atomic E-state index is 0.231. The summed E-state index contributed by atoms with van der Waals surface area (Å²) in [5, 5.41) is 7.65. The van der Waals surface area contributed by atoms with Gasteiger partial charge in [0.2, 0.25) is 10.0 Å². The fourth-order valence-corrected chi connectivity index (χ4v) is 4.11. The van der Waals surface area contributed by atoms with Gasteiger partial charge in [0.25, 0.3) is 5.56 Å². The van der Waals surface area contributed by atoms with Crippen molar-refractivity contribution in [3.05, 3.63) is 51.4 Å². The van der Waals surface area contributed by atoms with Crippen molar-refractivity contribution < 1.29 is 13.2 Å². The zero-order chi connectivity index (χ0) is 19.8. The Balaban J connectivity index is 1.90. The number of aromatic nitrogens is 2. The molecule has 0 saturated carbocycles. The third-order valence-electron chi connectivity index (χ3n) is 4.40. The monoisotopic (exact) mass is 412 g/mol. The molecule has 0 radical (unpaired) electrons. The van der Waals surface area contributed by atoms with Crippen LogP contribution in [0.5, 0.6) is 0 Å². The Morgan fingerprint density at radius 1 is 1.33 bits per heavy atom. The van der Waals surface area contributed by atoms with Gasteiger partial charge in [-0.15, -0.1) is 0 Å². The lowest BCUT2D eigenvalue weighted by molar-refractivity contribution is -0.0513. The summed E-state index contributed by atoms with van der Waals surface area (Å²) in [5.74, 6) is 0. The van der Waals surface area contributed by atoms with Gasteiger partial charge >= 0.3 is 0 Å². The third-order valence-corrected chi connectivity index (χ3v) is 6.57. The SMILES string of the molecule is Cc1ccc(NC2(Cn3ncc(Cl)cc3=O)COC2)cc1S(=O)(=O)N(C)C. The molecule has 27 heavy (non-hydrogen) atoms. The van der Waals surface area contributed by atoms with Gasteiger partial charge in [0.15, 0.2) is 0 Å². The molecule has 146 valence electrons. The van der Waals surface area contributed by atoms with Crippen LogP contribution >= 0.6 is 11.6 Å². The summed E-state index contributed by atoms with van der Waals surface area (Å²) in [6.07, 6.45) is 1.41. The van der Waals surface area contributed by atoms with Gasteiger partial charge in [0, 0.05) is 25.8 Å². The van der Waals surface area contributed by atoms with Gasteiger partial charge < -0.3 is 10.1 Å². The Hall–Kier alpha value is -1.94. The molecule has 1 aromatic carbocycles. The van der Waals surface area contributed by atoms with Crippen LogP contribution in [0, 0.1) is 6.92 Å². The molecule has 2 heterocycles. The quantitative estimate of drug-likeness (QED) is 0.769. The first-order chi connectivity index (χ1) is 12.6. The molecule has 1 aromatic heterocycles. The summed E-state index contributed by atoms with van der Waals surface area (Å²) in [6, 6.07) is 6.46. The van der Waals surface area contributed by atoms with E-state index in [1.807, 2.05) is 6.07 Å². The van der Waals surface area contributed by atoms with Crippen LogP contribution < -0.4 is 10.9 Å². The second-order valence-corrected chi connectivity index (χ2v) is 9.39. The number of anilines is 1. The van der Waals surface area contributed by atoms with Gasteiger partial charge in [-0.3, -0.25) is 4.79 Å². The molecule has 0 bridgehead atoms. The van der Waals surface area contributed by atoms with Crippen LogP contribution in [0.1, 0.15) is 5.56 Å². The highest BCUT2D eigenvalue weighted by Gasteiger charge is 2.40. The lowest BCUT2D eigenvalue weighted by Gasteiger charge is -2.42. The Kier molecular flexibility index (Phi) is 5.31. The molecular weight excluding hydrogens is 392 g/mol. The highest BCUT2D eigenvalue weighted by molar-refractivity contribution is 7.89. The molecule has 0 amide bonds. The molecular formula is C17H21ClN4O4S. The number of nitrogens with zero attached hydrogens (tertiary/aromatic N) is 3. The molecule has 10 heteroatoms. The summed E-state index contributed by atoms with van der Waals surface area (Å²) in [7, 11) is -0.575. The van der Waals surface area contributed by atoms with E-state index in [0.717, 1.165) is 0 Å². The number of aryl methyl sites for hydroxylation is 1. The highest BCUT2D eigenvalue weighted by Crippen LogP contribution is 2.28. The van der Waals surface area contributed by atoms with E-state index in [1.165, 1.54) is 35.3 Å². The van der Waals surface area contributed by atoms with Crippen molar-refractivity contribution in [3.8, 4) is 0 Å². The van der Waals surface area contributed by atoms with Crippen LogP contribution in [0.15, 0.2) is 40.2 Å². The largest absolute Gasteiger partial charge is 0.376 e. The highest BCUT2D eigenvalue weighted by atomic mass is 35.5. The van der Waals surface area contributed by atoms with Crippen molar-refractivity contribution in [1.82, 2.24) is 14.1 Å². The number of rotatable bonds is 6. The second kappa shape index (κ2) is 7.23. The number of ether oxygens (including phenoxy) is 1. The average molecular weight is 413 g/mol. The van der Waals surface area contributed by atoms with E-state index in [0.29, 0.717) is 24.5 Å². The van der Waals surface area contributed by atoms with Gasteiger partial charge in [0.05, 0.1) is 35.9 Å². The van der Waals surface area contributed by atoms with Crippen molar-refractivity contribution >= 4 is 27.3 Å². The van der Waals surface area contributed by atoms with Crippen LogP contribution in [0.25, 0.3) is 0 Å². The normalized spacial score (nSPS) is 16.2. The average Bonchev–Trinajstić information content (AvgIpc) is 2.56. The van der Waals surface area contributed by atoms with Crippen molar-refractivity contribution in [3.63, 3.8) is 0 Å². The van der Waals surface area contributed by atoms with E-state index in [1.54, 1.807) is 19.1 Å². The molecule has 8 nitrogen and oxygen atoms in total. The zero-order valence-corrected chi connectivity index (χ0v) is 16.8. The van der Waals surface area contributed by atoms with E-state index in [2.05, 4.69) is 10.4 Å². The van der Waals surface area contributed by atoms with Gasteiger partial charge in [-0.25, -0.2) is 17.4 Å². The zero-order valence-electron chi connectivity index (χ0n) is 15.3. The molecule has 1 aliphatic heterocycles. The first kappa shape index (κ1) is 19.8. The van der Waals surface area contributed by atoms with Crippen LogP contribution in [0.2, 0.25) is 5.02 Å². The van der Waals surface area contributed by atoms with E-state index in [-0.39, 0.29) is 22.0 Å². The summed E-state index contributed by atoms with van der Waals surface area (Å²) < 4.78 is 32.9. The van der Waals surface area contributed by atoms with Gasteiger partial charge in [-0.2, -0.15) is 5.10 Å². The number of hydrogen-bond acceptors (Lipinski definition) is 6. The fraction of sp³-hybridized carbons (Fsp3) is 0.412.